The molecular weight excluding hydrogens is 240 g/mol. The van der Waals surface area contributed by atoms with Crippen molar-refractivity contribution in [3.63, 3.8) is 0 Å². The molecular formula is C15H30N2O2. The van der Waals surface area contributed by atoms with Gasteiger partial charge in [-0.3, -0.25) is 4.79 Å². The highest BCUT2D eigenvalue weighted by Crippen LogP contribution is 2.33. The maximum Gasteiger partial charge on any atom is 0.237 e. The van der Waals surface area contributed by atoms with Gasteiger partial charge in [0, 0.05) is 12.5 Å². The van der Waals surface area contributed by atoms with Crippen LogP contribution in [0.3, 0.4) is 0 Å². The molecule has 0 spiro atoms. The van der Waals surface area contributed by atoms with E-state index in [2.05, 4.69) is 26.1 Å². The van der Waals surface area contributed by atoms with E-state index in [9.17, 15) is 4.79 Å². The Morgan fingerprint density at radius 3 is 2.63 bits per heavy atom. The highest BCUT2D eigenvalue weighted by atomic mass is 16.5. The average molecular weight is 270 g/mol. The summed E-state index contributed by atoms with van der Waals surface area (Å²) in [6.07, 6.45) is 4.56. The van der Waals surface area contributed by atoms with Gasteiger partial charge in [-0.2, -0.15) is 0 Å². The van der Waals surface area contributed by atoms with Crippen LogP contribution in [0.5, 0.6) is 0 Å². The van der Waals surface area contributed by atoms with E-state index in [-0.39, 0.29) is 23.7 Å². The lowest BCUT2D eigenvalue weighted by molar-refractivity contribution is -0.135. The first-order chi connectivity index (χ1) is 8.71. The number of amides is 1. The molecule has 0 radical (unpaired) electrons. The predicted molar refractivity (Wildman–Crippen MR) is 77.9 cm³/mol. The second-order valence-corrected chi connectivity index (χ2v) is 6.69. The van der Waals surface area contributed by atoms with E-state index in [4.69, 9.17) is 10.5 Å². The van der Waals surface area contributed by atoms with Crippen molar-refractivity contribution in [2.75, 3.05) is 0 Å². The second kappa shape index (κ2) is 6.23. The van der Waals surface area contributed by atoms with Crippen molar-refractivity contribution in [3.05, 3.63) is 0 Å². The molecule has 2 atom stereocenters. The monoisotopic (exact) mass is 270 g/mol. The van der Waals surface area contributed by atoms with Gasteiger partial charge in [0.25, 0.3) is 0 Å². The van der Waals surface area contributed by atoms with Crippen molar-refractivity contribution in [1.82, 2.24) is 5.32 Å². The molecule has 4 heteroatoms. The summed E-state index contributed by atoms with van der Waals surface area (Å²) in [7, 11) is 0. The maximum absolute atomic E-state index is 11.9. The second-order valence-electron chi connectivity index (χ2n) is 6.69. The van der Waals surface area contributed by atoms with Gasteiger partial charge in [0.1, 0.15) is 5.54 Å². The van der Waals surface area contributed by atoms with Gasteiger partial charge in [0.15, 0.2) is 0 Å². The first-order valence-electron chi connectivity index (χ1n) is 7.46. The van der Waals surface area contributed by atoms with Gasteiger partial charge in [0.2, 0.25) is 5.91 Å². The quantitative estimate of drug-likeness (QED) is 0.778. The van der Waals surface area contributed by atoms with Gasteiger partial charge in [-0.05, 0) is 53.4 Å². The van der Waals surface area contributed by atoms with Gasteiger partial charge in [-0.1, -0.05) is 6.92 Å². The molecule has 0 bridgehead atoms. The Bertz CT molecular complexity index is 315. The summed E-state index contributed by atoms with van der Waals surface area (Å²) in [4.78, 5) is 11.9. The lowest BCUT2D eigenvalue weighted by atomic mass is 9.78. The number of carbonyl (C=O) groups is 1. The van der Waals surface area contributed by atoms with Crippen LogP contribution in [0.25, 0.3) is 0 Å². The molecule has 1 fully saturated rings. The molecule has 0 aromatic rings. The van der Waals surface area contributed by atoms with Crippen LogP contribution in [0.4, 0.5) is 0 Å². The number of nitrogens with one attached hydrogen (secondary N) is 1. The van der Waals surface area contributed by atoms with Crippen LogP contribution >= 0.6 is 0 Å². The van der Waals surface area contributed by atoms with Crippen LogP contribution in [-0.2, 0) is 9.53 Å². The molecule has 112 valence electrons. The van der Waals surface area contributed by atoms with E-state index in [1.165, 1.54) is 0 Å². The Kier molecular flexibility index (Phi) is 5.39. The molecule has 0 aromatic carbocycles. The number of hydrogen-bond donors (Lipinski definition) is 2. The molecule has 1 rings (SSSR count). The van der Waals surface area contributed by atoms with Crippen molar-refractivity contribution in [1.29, 1.82) is 0 Å². The average Bonchev–Trinajstić information content (AvgIpc) is 2.27. The summed E-state index contributed by atoms with van der Waals surface area (Å²) in [6, 6.07) is 0.241. The first kappa shape index (κ1) is 16.4. The largest absolute Gasteiger partial charge is 0.372 e. The molecule has 4 nitrogen and oxygen atoms in total. The zero-order chi connectivity index (χ0) is 14.7. The van der Waals surface area contributed by atoms with Crippen molar-refractivity contribution >= 4 is 5.91 Å². The van der Waals surface area contributed by atoms with Crippen LogP contribution in [0.1, 0.15) is 66.7 Å². The molecule has 1 aliphatic carbocycles. The Hall–Kier alpha value is -0.610. The molecule has 0 aliphatic heterocycles. The third-order valence-electron chi connectivity index (χ3n) is 4.08. The van der Waals surface area contributed by atoms with Crippen LogP contribution in [0, 0.1) is 0 Å². The van der Waals surface area contributed by atoms with Crippen LogP contribution in [-0.4, -0.2) is 29.2 Å². The third kappa shape index (κ3) is 4.46. The third-order valence-corrected chi connectivity index (χ3v) is 4.08. The minimum Gasteiger partial charge on any atom is -0.372 e. The van der Waals surface area contributed by atoms with E-state index in [0.717, 1.165) is 25.7 Å². The van der Waals surface area contributed by atoms with Gasteiger partial charge < -0.3 is 15.8 Å². The number of ether oxygens (including phenoxy) is 1. The highest BCUT2D eigenvalue weighted by Gasteiger charge is 2.43. The molecule has 2 unspecified atom stereocenters. The molecule has 19 heavy (non-hydrogen) atoms. The van der Waals surface area contributed by atoms with Gasteiger partial charge in [0.05, 0.1) is 11.7 Å². The van der Waals surface area contributed by atoms with Crippen LogP contribution in [0.2, 0.25) is 0 Å². The Balaban J connectivity index is 2.77. The molecule has 0 saturated heterocycles. The van der Waals surface area contributed by atoms with Crippen molar-refractivity contribution < 1.29 is 9.53 Å². The fourth-order valence-electron chi connectivity index (χ4n) is 2.84. The molecule has 1 saturated carbocycles. The molecule has 0 aromatic heterocycles. The van der Waals surface area contributed by atoms with E-state index < -0.39 is 5.54 Å². The zero-order valence-corrected chi connectivity index (χ0v) is 13.1. The van der Waals surface area contributed by atoms with E-state index >= 15 is 0 Å². The molecule has 1 amide bonds. The normalized spacial score (nSPS) is 28.6. The number of hydrogen-bond acceptors (Lipinski definition) is 3. The van der Waals surface area contributed by atoms with E-state index in [1.807, 2.05) is 13.8 Å². The summed E-state index contributed by atoms with van der Waals surface area (Å²) in [5, 5.41) is 3.37. The number of rotatable bonds is 6. The minimum atomic E-state index is -0.596. The van der Waals surface area contributed by atoms with Gasteiger partial charge in [-0.25, -0.2) is 0 Å². The Morgan fingerprint density at radius 1 is 1.53 bits per heavy atom. The van der Waals surface area contributed by atoms with Crippen molar-refractivity contribution in [2.24, 2.45) is 5.73 Å². The lowest BCUT2D eigenvalue weighted by Crippen LogP contribution is -2.61. The van der Waals surface area contributed by atoms with Crippen LogP contribution in [0.15, 0.2) is 0 Å². The van der Waals surface area contributed by atoms with Gasteiger partial charge in [-0.15, -0.1) is 0 Å². The fraction of sp³-hybridized carbons (Fsp3) is 0.933. The van der Waals surface area contributed by atoms with Crippen molar-refractivity contribution in [2.45, 2.75) is 90.0 Å². The SMILES string of the molecule is CCC(C)(C)OC1CCCC(NC(C)C)(C(N)=O)C1. The smallest absolute Gasteiger partial charge is 0.237 e. The fourth-order valence-corrected chi connectivity index (χ4v) is 2.84. The van der Waals surface area contributed by atoms with Gasteiger partial charge >= 0.3 is 0 Å². The molecule has 1 aliphatic rings. The Labute approximate surface area is 117 Å². The lowest BCUT2D eigenvalue weighted by Gasteiger charge is -2.42. The number of carbonyl (C=O) groups excluding carboxylic acids is 1. The summed E-state index contributed by atoms with van der Waals surface area (Å²) < 4.78 is 6.17. The summed E-state index contributed by atoms with van der Waals surface area (Å²) in [5.74, 6) is -0.246. The van der Waals surface area contributed by atoms with E-state index in [0.29, 0.717) is 6.42 Å². The Morgan fingerprint density at radius 2 is 2.16 bits per heavy atom. The zero-order valence-electron chi connectivity index (χ0n) is 13.1. The first-order valence-corrected chi connectivity index (χ1v) is 7.46. The van der Waals surface area contributed by atoms with Crippen molar-refractivity contribution in [3.8, 4) is 0 Å². The molecule has 3 N–H and O–H groups in total. The summed E-state index contributed by atoms with van der Waals surface area (Å²) >= 11 is 0. The highest BCUT2D eigenvalue weighted by molar-refractivity contribution is 5.84. The number of nitrogens with two attached hydrogens (primary N) is 1. The minimum absolute atomic E-state index is 0.113. The van der Waals surface area contributed by atoms with Crippen LogP contribution < -0.4 is 11.1 Å². The summed E-state index contributed by atoms with van der Waals surface area (Å²) in [5.41, 5.74) is 4.92. The molecule has 0 heterocycles. The topological polar surface area (TPSA) is 64.3 Å². The standard InChI is InChI=1S/C15H30N2O2/c1-6-14(4,5)19-12-8-7-9-15(10-12,13(16)18)17-11(2)3/h11-12,17H,6-10H2,1-5H3,(H2,16,18). The predicted octanol–water partition coefficient (Wildman–Crippen LogP) is 2.36. The summed E-state index contributed by atoms with van der Waals surface area (Å²) in [6.45, 7) is 10.4. The number of primary amides is 1. The maximum atomic E-state index is 11.9. The van der Waals surface area contributed by atoms with E-state index in [1.54, 1.807) is 0 Å².